The predicted octanol–water partition coefficient (Wildman–Crippen LogP) is 3.92. The molecule has 1 aliphatic rings. The number of aryl methyl sites for hydroxylation is 1. The molecule has 0 spiro atoms. The van der Waals surface area contributed by atoms with Crippen LogP contribution in [0.15, 0.2) is 12.1 Å². The van der Waals surface area contributed by atoms with Gasteiger partial charge in [0.2, 0.25) is 0 Å². The molecule has 1 nitrogen and oxygen atoms in total. The molecule has 2 rings (SSSR count). The monoisotopic (exact) mass is 224 g/mol. The van der Waals surface area contributed by atoms with E-state index in [4.69, 9.17) is 0 Å². The molecule has 0 amide bonds. The Morgan fingerprint density at radius 3 is 2.60 bits per heavy atom. The molecule has 1 aromatic rings. The van der Waals surface area contributed by atoms with E-state index in [1.807, 2.05) is 0 Å². The summed E-state index contributed by atoms with van der Waals surface area (Å²) < 4.78 is 0. The first kappa shape index (κ1) is 11.2. The minimum atomic E-state index is -0.245. The molecule has 1 saturated carbocycles. The fourth-order valence-electron chi connectivity index (χ4n) is 2.53. The third-order valence-electron chi connectivity index (χ3n) is 3.71. The second-order valence-electron chi connectivity index (χ2n) is 4.92. The van der Waals surface area contributed by atoms with E-state index in [1.165, 1.54) is 30.6 Å². The van der Waals surface area contributed by atoms with Crippen molar-refractivity contribution in [1.82, 2.24) is 0 Å². The smallest absolute Gasteiger partial charge is 0.0935 e. The van der Waals surface area contributed by atoms with E-state index in [0.717, 1.165) is 11.3 Å². The van der Waals surface area contributed by atoms with E-state index in [2.05, 4.69) is 26.0 Å². The minimum Gasteiger partial charge on any atom is -0.387 e. The van der Waals surface area contributed by atoms with Crippen molar-refractivity contribution in [2.45, 2.75) is 52.1 Å². The molecule has 1 aliphatic carbocycles. The molecule has 1 fully saturated rings. The van der Waals surface area contributed by atoms with Gasteiger partial charge in [0, 0.05) is 9.75 Å². The number of aliphatic hydroxyl groups excluding tert-OH is 1. The van der Waals surface area contributed by atoms with Gasteiger partial charge in [-0.25, -0.2) is 0 Å². The lowest BCUT2D eigenvalue weighted by molar-refractivity contribution is 0.0437. The summed E-state index contributed by atoms with van der Waals surface area (Å²) in [6.45, 7) is 4.40. The van der Waals surface area contributed by atoms with Crippen molar-refractivity contribution in [1.29, 1.82) is 0 Å². The molecule has 1 aromatic heterocycles. The fraction of sp³-hybridized carbons (Fsp3) is 0.692. The van der Waals surface area contributed by atoms with Gasteiger partial charge in [-0.2, -0.15) is 0 Å². The Balaban J connectivity index is 2.15. The van der Waals surface area contributed by atoms with Crippen LogP contribution in [0.25, 0.3) is 0 Å². The summed E-state index contributed by atoms with van der Waals surface area (Å²) in [6.07, 6.45) is 5.74. The number of aliphatic hydroxyl groups is 1. The number of thiophene rings is 1. The summed E-state index contributed by atoms with van der Waals surface area (Å²) in [4.78, 5) is 2.54. The van der Waals surface area contributed by atoms with E-state index in [0.29, 0.717) is 0 Å². The Morgan fingerprint density at radius 1 is 1.40 bits per heavy atom. The molecule has 1 heterocycles. The lowest BCUT2D eigenvalue weighted by Gasteiger charge is -2.29. The zero-order chi connectivity index (χ0) is 10.9. The molecular weight excluding hydrogens is 204 g/mol. The van der Waals surface area contributed by atoms with E-state index in [1.54, 1.807) is 11.3 Å². The molecule has 0 aromatic carbocycles. The Hall–Kier alpha value is -0.340. The van der Waals surface area contributed by atoms with Gasteiger partial charge in [0.25, 0.3) is 0 Å². The van der Waals surface area contributed by atoms with Crippen LogP contribution in [-0.2, 0) is 6.42 Å². The maximum Gasteiger partial charge on any atom is 0.0935 e. The molecule has 15 heavy (non-hydrogen) atoms. The first-order valence-electron chi connectivity index (χ1n) is 5.92. The molecule has 1 N–H and O–H groups in total. The predicted molar refractivity (Wildman–Crippen MR) is 65.2 cm³/mol. The Kier molecular flexibility index (Phi) is 3.17. The summed E-state index contributed by atoms with van der Waals surface area (Å²) in [7, 11) is 0. The zero-order valence-electron chi connectivity index (χ0n) is 9.62. The van der Waals surface area contributed by atoms with Gasteiger partial charge in [-0.15, -0.1) is 11.3 Å². The van der Waals surface area contributed by atoms with Gasteiger partial charge in [0.1, 0.15) is 0 Å². The average molecular weight is 224 g/mol. The molecular formula is C13H20OS. The second kappa shape index (κ2) is 4.26. The van der Waals surface area contributed by atoms with Gasteiger partial charge in [-0.1, -0.05) is 26.7 Å². The second-order valence-corrected chi connectivity index (χ2v) is 6.12. The molecule has 2 heteroatoms. The van der Waals surface area contributed by atoms with Gasteiger partial charge in [0.05, 0.1) is 6.10 Å². The van der Waals surface area contributed by atoms with Crippen molar-refractivity contribution in [2.24, 2.45) is 5.41 Å². The van der Waals surface area contributed by atoms with Crippen molar-refractivity contribution < 1.29 is 5.11 Å². The first-order chi connectivity index (χ1) is 7.15. The maximum absolute atomic E-state index is 10.4. The third-order valence-corrected chi connectivity index (χ3v) is 4.99. The van der Waals surface area contributed by atoms with Crippen molar-refractivity contribution >= 4 is 11.3 Å². The maximum atomic E-state index is 10.4. The van der Waals surface area contributed by atoms with Gasteiger partial charge in [-0.05, 0) is 36.8 Å². The normalized spacial score (nSPS) is 21.8. The highest BCUT2D eigenvalue weighted by atomic mass is 32.1. The Labute approximate surface area is 96.1 Å². The molecule has 84 valence electrons. The van der Waals surface area contributed by atoms with Crippen LogP contribution in [0.4, 0.5) is 0 Å². The Morgan fingerprint density at radius 2 is 2.07 bits per heavy atom. The summed E-state index contributed by atoms with van der Waals surface area (Å²) in [5, 5.41) is 10.4. The summed E-state index contributed by atoms with van der Waals surface area (Å²) in [6, 6.07) is 4.26. The molecule has 0 saturated heterocycles. The number of rotatable bonds is 3. The first-order valence-corrected chi connectivity index (χ1v) is 6.74. The fourth-order valence-corrected chi connectivity index (χ4v) is 3.65. The largest absolute Gasteiger partial charge is 0.387 e. The van der Waals surface area contributed by atoms with Gasteiger partial charge in [0.15, 0.2) is 0 Å². The summed E-state index contributed by atoms with van der Waals surface area (Å²) in [5.41, 5.74) is 0.135. The third kappa shape index (κ3) is 2.11. The van der Waals surface area contributed by atoms with Crippen LogP contribution in [0.1, 0.15) is 55.4 Å². The van der Waals surface area contributed by atoms with Crippen LogP contribution in [-0.4, -0.2) is 5.11 Å². The van der Waals surface area contributed by atoms with Crippen molar-refractivity contribution in [3.05, 3.63) is 21.9 Å². The average Bonchev–Trinajstić information content (AvgIpc) is 2.85. The molecule has 0 aliphatic heterocycles. The zero-order valence-corrected chi connectivity index (χ0v) is 10.4. The van der Waals surface area contributed by atoms with Gasteiger partial charge in [-0.3, -0.25) is 0 Å². The van der Waals surface area contributed by atoms with Crippen LogP contribution < -0.4 is 0 Å². The number of hydrogen-bond acceptors (Lipinski definition) is 2. The highest BCUT2D eigenvalue weighted by Gasteiger charge is 2.37. The van der Waals surface area contributed by atoms with E-state index in [-0.39, 0.29) is 11.5 Å². The van der Waals surface area contributed by atoms with Crippen LogP contribution in [0, 0.1) is 5.41 Å². The van der Waals surface area contributed by atoms with E-state index < -0.39 is 0 Å². The standard InChI is InChI=1S/C13H20OS/c1-3-10-6-7-11(15-10)12(14)13(2)8-4-5-9-13/h6-7,12,14H,3-5,8-9H2,1-2H3. The molecule has 0 radical (unpaired) electrons. The highest BCUT2D eigenvalue weighted by Crippen LogP contribution is 2.48. The topological polar surface area (TPSA) is 20.2 Å². The highest BCUT2D eigenvalue weighted by molar-refractivity contribution is 7.12. The quantitative estimate of drug-likeness (QED) is 0.825. The molecule has 1 atom stereocenters. The van der Waals surface area contributed by atoms with Crippen LogP contribution in [0.5, 0.6) is 0 Å². The number of hydrogen-bond donors (Lipinski definition) is 1. The Bertz CT molecular complexity index is 323. The lowest BCUT2D eigenvalue weighted by Crippen LogP contribution is -2.21. The molecule has 0 bridgehead atoms. The van der Waals surface area contributed by atoms with Crippen LogP contribution >= 0.6 is 11.3 Å². The van der Waals surface area contributed by atoms with Gasteiger partial charge >= 0.3 is 0 Å². The van der Waals surface area contributed by atoms with E-state index >= 15 is 0 Å². The van der Waals surface area contributed by atoms with Crippen molar-refractivity contribution in [3.63, 3.8) is 0 Å². The summed E-state index contributed by atoms with van der Waals surface area (Å²) >= 11 is 1.78. The lowest BCUT2D eigenvalue weighted by atomic mass is 9.82. The van der Waals surface area contributed by atoms with Gasteiger partial charge < -0.3 is 5.11 Å². The molecule has 1 unspecified atom stereocenters. The van der Waals surface area contributed by atoms with Crippen molar-refractivity contribution in [3.8, 4) is 0 Å². The SMILES string of the molecule is CCc1ccc(C(O)C2(C)CCCC2)s1. The van der Waals surface area contributed by atoms with E-state index in [9.17, 15) is 5.11 Å². The van der Waals surface area contributed by atoms with Crippen LogP contribution in [0.2, 0.25) is 0 Å². The van der Waals surface area contributed by atoms with Crippen molar-refractivity contribution in [2.75, 3.05) is 0 Å². The summed E-state index contributed by atoms with van der Waals surface area (Å²) in [5.74, 6) is 0. The van der Waals surface area contributed by atoms with Crippen LogP contribution in [0.3, 0.4) is 0 Å². The minimum absolute atomic E-state index is 0.135.